The van der Waals surface area contributed by atoms with Crippen molar-refractivity contribution in [2.24, 2.45) is 5.92 Å². The molecule has 0 radical (unpaired) electrons. The molecule has 0 saturated carbocycles. The zero-order valence-corrected chi connectivity index (χ0v) is 20.5. The summed E-state index contributed by atoms with van der Waals surface area (Å²) in [7, 11) is -2.24. The number of carbonyl (C=O) groups is 2. The van der Waals surface area contributed by atoms with Gasteiger partial charge >= 0.3 is 0 Å². The predicted molar refractivity (Wildman–Crippen MR) is 128 cm³/mol. The van der Waals surface area contributed by atoms with Crippen molar-refractivity contribution >= 4 is 33.2 Å². The normalized spacial score (nSPS) is 19.1. The van der Waals surface area contributed by atoms with Gasteiger partial charge in [-0.05, 0) is 62.9 Å². The van der Waals surface area contributed by atoms with Crippen LogP contribution in [0.15, 0.2) is 35.2 Å². The highest BCUT2D eigenvalue weighted by molar-refractivity contribution is 7.89. The van der Waals surface area contributed by atoms with E-state index in [0.29, 0.717) is 41.3 Å². The molecule has 2 amide bonds. The van der Waals surface area contributed by atoms with E-state index < -0.39 is 16.1 Å². The molecule has 0 bridgehead atoms. The van der Waals surface area contributed by atoms with Crippen LogP contribution in [0.2, 0.25) is 0 Å². The molecule has 2 aromatic carbocycles. The van der Waals surface area contributed by atoms with E-state index in [4.69, 9.17) is 9.47 Å². The van der Waals surface area contributed by atoms with Crippen LogP contribution < -0.4 is 20.1 Å². The van der Waals surface area contributed by atoms with Crippen molar-refractivity contribution in [2.45, 2.75) is 44.6 Å². The van der Waals surface area contributed by atoms with Gasteiger partial charge < -0.3 is 20.1 Å². The molecule has 2 N–H and O–H groups in total. The first kappa shape index (κ1) is 24.0. The van der Waals surface area contributed by atoms with Crippen LogP contribution in [0.5, 0.6) is 11.5 Å². The van der Waals surface area contributed by atoms with E-state index in [1.807, 2.05) is 19.1 Å². The van der Waals surface area contributed by atoms with Crippen molar-refractivity contribution in [2.75, 3.05) is 30.8 Å². The minimum atomic E-state index is -3.79. The highest BCUT2D eigenvalue weighted by Crippen LogP contribution is 2.36. The van der Waals surface area contributed by atoms with Gasteiger partial charge in [-0.25, -0.2) is 8.42 Å². The number of piperidine rings is 1. The number of nitrogens with zero attached hydrogens (tertiary/aromatic N) is 1. The molecule has 2 aliphatic rings. The summed E-state index contributed by atoms with van der Waals surface area (Å²) in [4.78, 5) is 24.8. The Kier molecular flexibility index (Phi) is 6.55. The van der Waals surface area contributed by atoms with Crippen LogP contribution in [-0.4, -0.2) is 50.8 Å². The topological polar surface area (TPSA) is 114 Å². The van der Waals surface area contributed by atoms with E-state index in [-0.39, 0.29) is 35.7 Å². The summed E-state index contributed by atoms with van der Waals surface area (Å²) < 4.78 is 39.1. The van der Waals surface area contributed by atoms with E-state index in [2.05, 4.69) is 10.6 Å². The number of ether oxygens (including phenoxy) is 2. The summed E-state index contributed by atoms with van der Waals surface area (Å²) >= 11 is 0. The summed E-state index contributed by atoms with van der Waals surface area (Å²) in [6, 6.07) is 8.64. The number of carbonyl (C=O) groups excluding carboxylic acids is 2. The number of fused-ring (bicyclic) bond motifs is 1. The van der Waals surface area contributed by atoms with Crippen LogP contribution in [0.1, 0.15) is 30.9 Å². The third-order valence-electron chi connectivity index (χ3n) is 6.26. The lowest BCUT2D eigenvalue weighted by Crippen LogP contribution is -2.41. The summed E-state index contributed by atoms with van der Waals surface area (Å²) in [6.45, 7) is 5.69. The summed E-state index contributed by atoms with van der Waals surface area (Å²) in [6.07, 6.45) is 0.117. The number of hydrogen-bond donors (Lipinski definition) is 2. The Morgan fingerprint density at radius 2 is 1.88 bits per heavy atom. The average Bonchev–Trinajstić information content (AvgIpc) is 2.80. The number of sulfonamides is 1. The Balaban J connectivity index is 1.46. The number of methoxy groups -OCH3 is 1. The summed E-state index contributed by atoms with van der Waals surface area (Å²) in [5, 5.41) is 5.66. The van der Waals surface area contributed by atoms with Crippen molar-refractivity contribution in [3.05, 3.63) is 41.5 Å². The Bertz CT molecular complexity index is 1240. The van der Waals surface area contributed by atoms with Gasteiger partial charge in [-0.15, -0.1) is 0 Å². The molecule has 1 saturated heterocycles. The average molecular weight is 488 g/mol. The monoisotopic (exact) mass is 487 g/mol. The SMILES string of the molecule is COc1ccc(C)cc1NC(=O)C1CCN(S(=O)(=O)c2cc3c(cc2C)NC(=O)[C@H](C)O3)CC1. The van der Waals surface area contributed by atoms with E-state index >= 15 is 0 Å². The van der Waals surface area contributed by atoms with E-state index in [1.54, 1.807) is 33.1 Å². The standard InChI is InChI=1S/C24H29N3O6S/c1-14-5-6-20(32-4)18(11-14)26-24(29)17-7-9-27(10-8-17)34(30,31)22-13-21-19(12-15(22)2)25-23(28)16(3)33-21/h5-6,11-13,16-17H,7-10H2,1-4H3,(H,25,28)(H,26,29)/t16-/m0/s1. The van der Waals surface area contributed by atoms with Gasteiger partial charge in [-0.1, -0.05) is 6.07 Å². The van der Waals surface area contributed by atoms with E-state index in [9.17, 15) is 18.0 Å². The molecule has 0 unspecified atom stereocenters. The van der Waals surface area contributed by atoms with Crippen molar-refractivity contribution in [3.63, 3.8) is 0 Å². The zero-order chi connectivity index (χ0) is 24.6. The maximum atomic E-state index is 13.4. The molecule has 2 aliphatic heterocycles. The second-order valence-corrected chi connectivity index (χ2v) is 10.6. The van der Waals surface area contributed by atoms with Gasteiger partial charge in [0.1, 0.15) is 11.5 Å². The molecule has 10 heteroatoms. The van der Waals surface area contributed by atoms with Gasteiger partial charge in [-0.2, -0.15) is 4.31 Å². The van der Waals surface area contributed by atoms with Crippen LogP contribution in [0, 0.1) is 19.8 Å². The Labute approximate surface area is 199 Å². The number of aryl methyl sites for hydroxylation is 2. The zero-order valence-electron chi connectivity index (χ0n) is 19.7. The number of nitrogens with one attached hydrogen (secondary N) is 2. The summed E-state index contributed by atoms with van der Waals surface area (Å²) in [5.41, 5.74) is 2.58. The van der Waals surface area contributed by atoms with E-state index in [1.165, 1.54) is 10.4 Å². The Morgan fingerprint density at radius 3 is 2.56 bits per heavy atom. The second kappa shape index (κ2) is 9.27. The van der Waals surface area contributed by atoms with Crippen LogP contribution in [0.3, 0.4) is 0 Å². The molecule has 0 spiro atoms. The van der Waals surface area contributed by atoms with Crippen LogP contribution >= 0.6 is 0 Å². The lowest BCUT2D eigenvalue weighted by atomic mass is 9.97. The summed E-state index contributed by atoms with van der Waals surface area (Å²) in [5.74, 6) is 0.183. The third kappa shape index (κ3) is 4.60. The van der Waals surface area contributed by atoms with E-state index in [0.717, 1.165) is 5.56 Å². The van der Waals surface area contributed by atoms with Crippen molar-refractivity contribution in [3.8, 4) is 11.5 Å². The van der Waals surface area contributed by atoms with Gasteiger partial charge in [0.25, 0.3) is 5.91 Å². The number of amides is 2. The molecule has 0 aromatic heterocycles. The Morgan fingerprint density at radius 1 is 1.18 bits per heavy atom. The van der Waals surface area contributed by atoms with Crippen molar-refractivity contribution < 1.29 is 27.5 Å². The lowest BCUT2D eigenvalue weighted by Gasteiger charge is -2.31. The minimum absolute atomic E-state index is 0.141. The van der Waals surface area contributed by atoms with Gasteiger partial charge in [0.2, 0.25) is 15.9 Å². The molecule has 2 heterocycles. The first-order valence-electron chi connectivity index (χ1n) is 11.2. The van der Waals surface area contributed by atoms with Crippen molar-refractivity contribution in [1.29, 1.82) is 0 Å². The van der Waals surface area contributed by atoms with Crippen molar-refractivity contribution in [1.82, 2.24) is 4.31 Å². The molecule has 182 valence electrons. The molecule has 4 rings (SSSR count). The third-order valence-corrected chi connectivity index (χ3v) is 8.30. The number of anilines is 2. The molecular weight excluding hydrogens is 458 g/mol. The quantitative estimate of drug-likeness (QED) is 0.670. The maximum absolute atomic E-state index is 13.4. The first-order valence-corrected chi connectivity index (χ1v) is 12.6. The number of benzene rings is 2. The largest absolute Gasteiger partial charge is 0.495 e. The smallest absolute Gasteiger partial charge is 0.265 e. The van der Waals surface area contributed by atoms with Gasteiger partial charge in [0, 0.05) is 25.1 Å². The van der Waals surface area contributed by atoms with Gasteiger partial charge in [0.05, 0.1) is 23.4 Å². The fourth-order valence-corrected chi connectivity index (χ4v) is 5.96. The molecule has 1 atom stereocenters. The first-order chi connectivity index (χ1) is 16.1. The number of rotatable bonds is 5. The maximum Gasteiger partial charge on any atom is 0.265 e. The molecule has 1 fully saturated rings. The van der Waals surface area contributed by atoms with Crippen LogP contribution in [0.25, 0.3) is 0 Å². The predicted octanol–water partition coefficient (Wildman–Crippen LogP) is 3.07. The highest BCUT2D eigenvalue weighted by atomic mass is 32.2. The number of hydrogen-bond acceptors (Lipinski definition) is 6. The molecule has 9 nitrogen and oxygen atoms in total. The molecular formula is C24H29N3O6S. The Hall–Kier alpha value is -3.11. The molecule has 34 heavy (non-hydrogen) atoms. The van der Waals surface area contributed by atoms with Gasteiger partial charge in [0.15, 0.2) is 6.10 Å². The lowest BCUT2D eigenvalue weighted by molar-refractivity contribution is -0.123. The van der Waals surface area contributed by atoms with Crippen LogP contribution in [-0.2, 0) is 19.6 Å². The molecule has 0 aliphatic carbocycles. The fraction of sp³-hybridized carbons (Fsp3) is 0.417. The second-order valence-electron chi connectivity index (χ2n) is 8.73. The highest BCUT2D eigenvalue weighted by Gasteiger charge is 2.34. The fourth-order valence-electron chi connectivity index (χ4n) is 4.27. The van der Waals surface area contributed by atoms with Gasteiger partial charge in [-0.3, -0.25) is 9.59 Å². The van der Waals surface area contributed by atoms with Crippen LogP contribution in [0.4, 0.5) is 11.4 Å². The molecule has 2 aromatic rings. The minimum Gasteiger partial charge on any atom is -0.495 e.